The standard InChI is InChI=1S/C29H40N2O5/c1-28-12-9-20(31-36-17-27(35)30-14-11-18-3-7-24(32)25(33)15-18)16-19(28)4-5-21-22-6-8-26(34)29(22,2)13-10-23(21)28/h3,7,15-16,21-23,26,32-34H,4-6,8-14,17H2,1-2H3,(H,30,35)/t21?,22?,23?,26?,28-,29-/m0/s1. The van der Waals surface area contributed by atoms with Crippen LogP contribution in [0.15, 0.2) is 35.0 Å². The van der Waals surface area contributed by atoms with Crippen molar-refractivity contribution in [3.63, 3.8) is 0 Å². The van der Waals surface area contributed by atoms with Crippen LogP contribution in [0.2, 0.25) is 0 Å². The maximum atomic E-state index is 12.1. The van der Waals surface area contributed by atoms with Crippen LogP contribution in [0.5, 0.6) is 11.5 Å². The molecule has 0 radical (unpaired) electrons. The number of allylic oxidation sites excluding steroid dienone is 2. The second-order valence-corrected chi connectivity index (χ2v) is 11.9. The minimum Gasteiger partial charge on any atom is -0.504 e. The maximum Gasteiger partial charge on any atom is 0.260 e. The fourth-order valence-electron chi connectivity index (χ4n) is 7.91. The van der Waals surface area contributed by atoms with E-state index in [1.807, 2.05) is 0 Å². The van der Waals surface area contributed by atoms with Crippen molar-refractivity contribution in [2.45, 2.75) is 77.7 Å². The van der Waals surface area contributed by atoms with Crippen LogP contribution < -0.4 is 5.32 Å². The zero-order chi connectivity index (χ0) is 25.5. The summed E-state index contributed by atoms with van der Waals surface area (Å²) in [6.45, 7) is 5.06. The lowest BCUT2D eigenvalue weighted by atomic mass is 9.47. The van der Waals surface area contributed by atoms with Crippen LogP contribution in [0, 0.1) is 28.6 Å². The average molecular weight is 497 g/mol. The number of aliphatic hydroxyl groups excluding tert-OH is 1. The lowest BCUT2D eigenvalue weighted by molar-refractivity contribution is -0.125. The maximum absolute atomic E-state index is 12.1. The van der Waals surface area contributed by atoms with Crippen LogP contribution in [0.4, 0.5) is 0 Å². The number of rotatable bonds is 6. The molecule has 7 heteroatoms. The van der Waals surface area contributed by atoms with Crippen LogP contribution in [0.25, 0.3) is 0 Å². The molecule has 1 amide bonds. The highest BCUT2D eigenvalue weighted by Crippen LogP contribution is 2.65. The Morgan fingerprint density at radius 2 is 1.92 bits per heavy atom. The Morgan fingerprint density at radius 3 is 2.72 bits per heavy atom. The Bertz CT molecular complexity index is 1070. The van der Waals surface area contributed by atoms with Gasteiger partial charge in [-0.1, -0.05) is 30.6 Å². The summed E-state index contributed by atoms with van der Waals surface area (Å²) in [6, 6.07) is 4.64. The van der Waals surface area contributed by atoms with Gasteiger partial charge in [0.2, 0.25) is 0 Å². The number of benzene rings is 1. The summed E-state index contributed by atoms with van der Waals surface area (Å²) in [5.41, 5.74) is 3.55. The van der Waals surface area contributed by atoms with Crippen molar-refractivity contribution >= 4 is 11.6 Å². The highest BCUT2D eigenvalue weighted by molar-refractivity contribution is 5.96. The smallest absolute Gasteiger partial charge is 0.260 e. The van der Waals surface area contributed by atoms with Crippen molar-refractivity contribution in [2.24, 2.45) is 33.7 Å². The van der Waals surface area contributed by atoms with Gasteiger partial charge in [0.1, 0.15) is 0 Å². The number of nitrogens with one attached hydrogen (secondary N) is 1. The largest absolute Gasteiger partial charge is 0.504 e. The summed E-state index contributed by atoms with van der Waals surface area (Å²) < 4.78 is 0. The monoisotopic (exact) mass is 496 g/mol. The molecule has 196 valence electrons. The predicted octanol–water partition coefficient (Wildman–Crippen LogP) is 4.45. The normalized spacial score (nSPS) is 36.4. The molecule has 4 aliphatic rings. The van der Waals surface area contributed by atoms with Gasteiger partial charge >= 0.3 is 0 Å². The molecule has 0 aliphatic heterocycles. The van der Waals surface area contributed by atoms with Crippen molar-refractivity contribution in [3.8, 4) is 11.5 Å². The first-order valence-corrected chi connectivity index (χ1v) is 13.6. The number of nitrogens with zero attached hydrogens (tertiary/aromatic N) is 1. The Kier molecular flexibility index (Phi) is 6.79. The van der Waals surface area contributed by atoms with E-state index < -0.39 is 0 Å². The van der Waals surface area contributed by atoms with Crippen LogP contribution in [0.1, 0.15) is 70.8 Å². The third kappa shape index (κ3) is 4.51. The number of aromatic hydroxyl groups is 2. The van der Waals surface area contributed by atoms with Gasteiger partial charge in [-0.3, -0.25) is 4.79 Å². The Balaban J connectivity index is 1.13. The molecular formula is C29H40N2O5. The molecule has 1 aromatic carbocycles. The number of oxime groups is 1. The third-order valence-electron chi connectivity index (χ3n) is 10.1. The van der Waals surface area contributed by atoms with Gasteiger partial charge in [0.05, 0.1) is 11.8 Å². The van der Waals surface area contributed by atoms with E-state index in [1.165, 1.54) is 37.0 Å². The van der Waals surface area contributed by atoms with Gasteiger partial charge < -0.3 is 25.5 Å². The van der Waals surface area contributed by atoms with E-state index in [1.54, 1.807) is 6.07 Å². The van der Waals surface area contributed by atoms with Gasteiger partial charge in [-0.2, -0.15) is 0 Å². The van der Waals surface area contributed by atoms with Crippen molar-refractivity contribution in [1.29, 1.82) is 0 Å². The molecular weight excluding hydrogens is 456 g/mol. The molecule has 7 nitrogen and oxygen atoms in total. The van der Waals surface area contributed by atoms with Crippen LogP contribution in [-0.4, -0.2) is 46.2 Å². The fraction of sp³-hybridized carbons (Fsp3) is 0.655. The minimum absolute atomic E-state index is 0.111. The van der Waals surface area contributed by atoms with E-state index in [9.17, 15) is 20.1 Å². The molecule has 3 saturated carbocycles. The van der Waals surface area contributed by atoms with E-state index in [0.29, 0.717) is 30.7 Å². The molecule has 0 aromatic heterocycles. The van der Waals surface area contributed by atoms with E-state index >= 15 is 0 Å². The molecule has 4 aliphatic carbocycles. The molecule has 0 bridgehead atoms. The number of phenolic OH excluding ortho intramolecular Hbond substituents is 2. The lowest BCUT2D eigenvalue weighted by Gasteiger charge is -2.57. The fourth-order valence-corrected chi connectivity index (χ4v) is 7.91. The first kappa shape index (κ1) is 25.1. The molecule has 3 fully saturated rings. The van der Waals surface area contributed by atoms with Crippen LogP contribution in [0.3, 0.4) is 0 Å². The average Bonchev–Trinajstić information content (AvgIpc) is 3.16. The highest BCUT2D eigenvalue weighted by atomic mass is 16.6. The number of amides is 1. The number of phenols is 2. The lowest BCUT2D eigenvalue weighted by Crippen LogP contribution is -2.51. The van der Waals surface area contributed by atoms with Gasteiger partial charge in [0, 0.05) is 6.54 Å². The van der Waals surface area contributed by atoms with Crippen molar-refractivity contribution in [2.75, 3.05) is 13.2 Å². The zero-order valence-electron chi connectivity index (χ0n) is 21.5. The van der Waals surface area contributed by atoms with Crippen LogP contribution in [-0.2, 0) is 16.1 Å². The molecule has 0 spiro atoms. The highest BCUT2D eigenvalue weighted by Gasteiger charge is 2.58. The van der Waals surface area contributed by atoms with Crippen molar-refractivity contribution in [3.05, 3.63) is 35.4 Å². The van der Waals surface area contributed by atoms with Crippen LogP contribution >= 0.6 is 0 Å². The van der Waals surface area contributed by atoms with Gasteiger partial charge in [-0.25, -0.2) is 0 Å². The first-order valence-electron chi connectivity index (χ1n) is 13.6. The second kappa shape index (κ2) is 9.73. The molecule has 6 atom stereocenters. The van der Waals surface area contributed by atoms with E-state index in [0.717, 1.165) is 43.4 Å². The third-order valence-corrected chi connectivity index (χ3v) is 10.1. The molecule has 0 heterocycles. The number of aliphatic hydroxyl groups is 1. The summed E-state index contributed by atoms with van der Waals surface area (Å²) in [4.78, 5) is 17.5. The summed E-state index contributed by atoms with van der Waals surface area (Å²) in [5, 5.41) is 36.7. The van der Waals surface area contributed by atoms with Gasteiger partial charge in [0.15, 0.2) is 18.1 Å². The summed E-state index contributed by atoms with van der Waals surface area (Å²) in [5.74, 6) is 1.50. The second-order valence-electron chi connectivity index (χ2n) is 11.9. The zero-order valence-corrected chi connectivity index (χ0v) is 21.5. The minimum atomic E-state index is -0.236. The Labute approximate surface area is 213 Å². The number of hydrogen-bond donors (Lipinski definition) is 4. The predicted molar refractivity (Wildman–Crippen MR) is 138 cm³/mol. The van der Waals surface area contributed by atoms with Crippen molar-refractivity contribution < 1.29 is 25.0 Å². The number of carbonyl (C=O) groups excluding carboxylic acids is 1. The first-order chi connectivity index (χ1) is 17.2. The Hall–Kier alpha value is -2.54. The van der Waals surface area contributed by atoms with Gasteiger partial charge in [-0.05, 0) is 110 Å². The summed E-state index contributed by atoms with van der Waals surface area (Å²) in [6.07, 6.45) is 11.3. The summed E-state index contributed by atoms with van der Waals surface area (Å²) in [7, 11) is 0. The van der Waals surface area contributed by atoms with Gasteiger partial charge in [-0.15, -0.1) is 0 Å². The molecule has 36 heavy (non-hydrogen) atoms. The Morgan fingerprint density at radius 1 is 1.08 bits per heavy atom. The van der Waals surface area contributed by atoms with Crippen molar-refractivity contribution in [1.82, 2.24) is 5.32 Å². The van der Waals surface area contributed by atoms with E-state index in [2.05, 4.69) is 30.4 Å². The molecule has 5 rings (SSSR count). The number of fused-ring (bicyclic) bond motifs is 5. The quantitative estimate of drug-likeness (QED) is 0.343. The molecule has 1 aromatic rings. The van der Waals surface area contributed by atoms with Gasteiger partial charge in [0.25, 0.3) is 5.91 Å². The molecule has 4 N–H and O–H groups in total. The SMILES string of the molecule is C[C@]12CCC3C(CCC4=CC(=NOCC(=O)NCCc5ccc(O)c(O)c5)CC[C@@]43C)C1CCC2O. The molecule has 0 saturated heterocycles. The molecule has 4 unspecified atom stereocenters. The summed E-state index contributed by atoms with van der Waals surface area (Å²) >= 11 is 0. The van der Waals surface area contributed by atoms with E-state index in [-0.39, 0.29) is 40.9 Å². The van der Waals surface area contributed by atoms with E-state index in [4.69, 9.17) is 4.84 Å². The topological polar surface area (TPSA) is 111 Å². The number of hydrogen-bond acceptors (Lipinski definition) is 6. The number of carbonyl (C=O) groups is 1.